The summed E-state index contributed by atoms with van der Waals surface area (Å²) in [6.45, 7) is 1.70. The van der Waals surface area contributed by atoms with Gasteiger partial charge in [0.2, 0.25) is 5.91 Å². The van der Waals surface area contributed by atoms with E-state index in [9.17, 15) is 9.59 Å². The number of H-pyrrole nitrogens is 1. The number of likely N-dealkylation sites (N-methyl/N-ethyl adjacent to an activating group) is 1. The molecule has 0 aliphatic carbocycles. The number of aromatic amines is 1. The zero-order chi connectivity index (χ0) is 13.1. The molecule has 1 aromatic rings. The summed E-state index contributed by atoms with van der Waals surface area (Å²) in [5.74, 6) is -0.232. The van der Waals surface area contributed by atoms with Crippen LogP contribution >= 0.6 is 0 Å². The molecule has 2 heterocycles. The fourth-order valence-corrected chi connectivity index (χ4v) is 2.00. The van der Waals surface area contributed by atoms with Gasteiger partial charge in [-0.25, -0.2) is 0 Å². The lowest BCUT2D eigenvalue weighted by atomic mass is 10.1. The Hall–Kier alpha value is -1.89. The van der Waals surface area contributed by atoms with Crippen LogP contribution in [0.3, 0.4) is 0 Å². The second kappa shape index (κ2) is 5.18. The largest absolute Gasteiger partial charge is 0.347 e. The van der Waals surface area contributed by atoms with Gasteiger partial charge in [-0.05, 0) is 0 Å². The van der Waals surface area contributed by atoms with Crippen molar-refractivity contribution in [3.8, 4) is 0 Å². The summed E-state index contributed by atoms with van der Waals surface area (Å²) in [6, 6.07) is -0.448. The molecule has 7 nitrogen and oxygen atoms in total. The summed E-state index contributed by atoms with van der Waals surface area (Å²) in [6.07, 6.45) is 3.02. The Labute approximate surface area is 105 Å². The van der Waals surface area contributed by atoms with Gasteiger partial charge < -0.3 is 15.1 Å². The standard InChI is InChI=1S/C11H17N5O2/c1-15(2)11(18)9-7-12-3-4-16(9)10(17)8-5-13-14-6-8/h5-6,9,12H,3-4,7H2,1-2H3,(H,13,14). The second-order valence-corrected chi connectivity index (χ2v) is 4.44. The van der Waals surface area contributed by atoms with Crippen molar-refractivity contribution in [1.82, 2.24) is 25.3 Å². The van der Waals surface area contributed by atoms with Gasteiger partial charge in [-0.1, -0.05) is 0 Å². The van der Waals surface area contributed by atoms with E-state index in [0.29, 0.717) is 25.2 Å². The van der Waals surface area contributed by atoms with Gasteiger partial charge in [0.1, 0.15) is 6.04 Å². The summed E-state index contributed by atoms with van der Waals surface area (Å²) < 4.78 is 0. The first kappa shape index (κ1) is 12.6. The molecule has 0 aromatic carbocycles. The van der Waals surface area contributed by atoms with Gasteiger partial charge in [-0.2, -0.15) is 5.10 Å². The van der Waals surface area contributed by atoms with Gasteiger partial charge in [-0.15, -0.1) is 0 Å². The predicted molar refractivity (Wildman–Crippen MR) is 65.0 cm³/mol. The Bertz CT molecular complexity index is 429. The zero-order valence-corrected chi connectivity index (χ0v) is 10.5. The Balaban J connectivity index is 2.18. The molecule has 98 valence electrons. The third-order valence-corrected chi connectivity index (χ3v) is 2.98. The van der Waals surface area contributed by atoms with Gasteiger partial charge in [0.05, 0.1) is 11.8 Å². The number of hydrogen-bond donors (Lipinski definition) is 2. The van der Waals surface area contributed by atoms with Crippen molar-refractivity contribution in [3.63, 3.8) is 0 Å². The molecule has 2 amide bonds. The van der Waals surface area contributed by atoms with E-state index in [0.717, 1.165) is 0 Å². The van der Waals surface area contributed by atoms with E-state index in [1.807, 2.05) is 0 Å². The number of nitrogens with one attached hydrogen (secondary N) is 2. The Morgan fingerprint density at radius 3 is 2.89 bits per heavy atom. The number of hydrogen-bond acceptors (Lipinski definition) is 4. The summed E-state index contributed by atoms with van der Waals surface area (Å²) >= 11 is 0. The van der Waals surface area contributed by atoms with Crippen molar-refractivity contribution < 1.29 is 9.59 Å². The maximum atomic E-state index is 12.3. The maximum absolute atomic E-state index is 12.3. The Morgan fingerprint density at radius 2 is 2.28 bits per heavy atom. The van der Waals surface area contributed by atoms with Crippen LogP contribution in [0.15, 0.2) is 12.4 Å². The lowest BCUT2D eigenvalue weighted by Crippen LogP contribution is -2.59. The highest BCUT2D eigenvalue weighted by atomic mass is 16.2. The number of nitrogens with zero attached hydrogens (tertiary/aromatic N) is 3. The number of aromatic nitrogens is 2. The number of rotatable bonds is 2. The van der Waals surface area contributed by atoms with Crippen LogP contribution in [-0.4, -0.2) is 71.6 Å². The van der Waals surface area contributed by atoms with Gasteiger partial charge in [-0.3, -0.25) is 14.7 Å². The normalized spacial score (nSPS) is 19.7. The van der Waals surface area contributed by atoms with Gasteiger partial charge in [0.15, 0.2) is 0 Å². The molecule has 0 saturated carbocycles. The Morgan fingerprint density at radius 1 is 1.50 bits per heavy atom. The van der Waals surface area contributed by atoms with Crippen molar-refractivity contribution in [2.45, 2.75) is 6.04 Å². The molecular formula is C11H17N5O2. The minimum absolute atomic E-state index is 0.0703. The van der Waals surface area contributed by atoms with Crippen LogP contribution in [0.5, 0.6) is 0 Å². The topological polar surface area (TPSA) is 81.3 Å². The average Bonchev–Trinajstić information content (AvgIpc) is 2.90. The highest BCUT2D eigenvalue weighted by Crippen LogP contribution is 2.11. The highest BCUT2D eigenvalue weighted by molar-refractivity contribution is 5.97. The van der Waals surface area contributed by atoms with Crippen LogP contribution in [0.25, 0.3) is 0 Å². The van der Waals surface area contributed by atoms with Crippen molar-refractivity contribution >= 4 is 11.8 Å². The van der Waals surface area contributed by atoms with Crippen molar-refractivity contribution in [2.24, 2.45) is 0 Å². The van der Waals surface area contributed by atoms with Crippen LogP contribution in [0.2, 0.25) is 0 Å². The molecule has 1 atom stereocenters. The van der Waals surface area contributed by atoms with Gasteiger partial charge >= 0.3 is 0 Å². The van der Waals surface area contributed by atoms with Gasteiger partial charge in [0.25, 0.3) is 5.91 Å². The summed E-state index contributed by atoms with van der Waals surface area (Å²) in [4.78, 5) is 27.4. The molecule has 0 bridgehead atoms. The first-order valence-corrected chi connectivity index (χ1v) is 5.83. The first-order valence-electron chi connectivity index (χ1n) is 5.83. The summed E-state index contributed by atoms with van der Waals surface area (Å²) in [7, 11) is 3.38. The van der Waals surface area contributed by atoms with Gasteiger partial charge in [0, 0.05) is 39.9 Å². The minimum Gasteiger partial charge on any atom is -0.347 e. The maximum Gasteiger partial charge on any atom is 0.257 e. The van der Waals surface area contributed by atoms with Crippen LogP contribution < -0.4 is 5.32 Å². The van der Waals surface area contributed by atoms with Crippen LogP contribution in [0, 0.1) is 0 Å². The molecule has 0 spiro atoms. The summed E-state index contributed by atoms with van der Waals surface area (Å²) in [5, 5.41) is 9.50. The highest BCUT2D eigenvalue weighted by Gasteiger charge is 2.33. The SMILES string of the molecule is CN(C)C(=O)C1CNCCN1C(=O)c1cn[nH]c1. The van der Waals surface area contributed by atoms with Crippen LogP contribution in [-0.2, 0) is 4.79 Å². The molecule has 1 aromatic heterocycles. The quantitative estimate of drug-likeness (QED) is 0.700. The number of carbonyl (C=O) groups is 2. The lowest BCUT2D eigenvalue weighted by Gasteiger charge is -2.36. The molecule has 1 aliphatic heterocycles. The van der Waals surface area contributed by atoms with Crippen LogP contribution in [0.4, 0.5) is 0 Å². The first-order chi connectivity index (χ1) is 8.61. The van der Waals surface area contributed by atoms with E-state index in [4.69, 9.17) is 0 Å². The van der Waals surface area contributed by atoms with E-state index in [1.165, 1.54) is 11.1 Å². The molecule has 7 heteroatoms. The lowest BCUT2D eigenvalue weighted by molar-refractivity contribution is -0.134. The molecule has 0 radical (unpaired) electrons. The fourth-order valence-electron chi connectivity index (χ4n) is 2.00. The fraction of sp³-hybridized carbons (Fsp3) is 0.545. The molecule has 1 fully saturated rings. The third-order valence-electron chi connectivity index (χ3n) is 2.98. The monoisotopic (exact) mass is 251 g/mol. The number of amides is 2. The molecule has 1 aliphatic rings. The van der Waals surface area contributed by atoms with E-state index >= 15 is 0 Å². The van der Waals surface area contributed by atoms with Crippen molar-refractivity contribution in [2.75, 3.05) is 33.7 Å². The van der Waals surface area contributed by atoms with E-state index < -0.39 is 6.04 Å². The minimum atomic E-state index is -0.448. The third kappa shape index (κ3) is 2.35. The summed E-state index contributed by atoms with van der Waals surface area (Å²) in [5.41, 5.74) is 0.480. The Kier molecular flexibility index (Phi) is 3.61. The molecule has 1 saturated heterocycles. The predicted octanol–water partition coefficient (Wildman–Crippen LogP) is -1.09. The smallest absolute Gasteiger partial charge is 0.257 e. The van der Waals surface area contributed by atoms with E-state index in [1.54, 1.807) is 25.2 Å². The van der Waals surface area contributed by atoms with E-state index in [-0.39, 0.29) is 11.8 Å². The van der Waals surface area contributed by atoms with Crippen molar-refractivity contribution in [1.29, 1.82) is 0 Å². The number of piperazine rings is 1. The zero-order valence-electron chi connectivity index (χ0n) is 10.5. The molecule has 2 rings (SSSR count). The van der Waals surface area contributed by atoms with E-state index in [2.05, 4.69) is 15.5 Å². The van der Waals surface area contributed by atoms with Crippen LogP contribution in [0.1, 0.15) is 10.4 Å². The molecule has 1 unspecified atom stereocenters. The molecule has 18 heavy (non-hydrogen) atoms. The molecular weight excluding hydrogens is 234 g/mol. The second-order valence-electron chi connectivity index (χ2n) is 4.44. The average molecular weight is 251 g/mol. The number of carbonyl (C=O) groups excluding carboxylic acids is 2. The van der Waals surface area contributed by atoms with Crippen molar-refractivity contribution in [3.05, 3.63) is 18.0 Å². The molecule has 2 N–H and O–H groups in total.